The van der Waals surface area contributed by atoms with Crippen molar-refractivity contribution in [1.82, 2.24) is 19.5 Å². The van der Waals surface area contributed by atoms with Gasteiger partial charge in [0.25, 0.3) is 0 Å². The number of benzene rings is 1. The van der Waals surface area contributed by atoms with Gasteiger partial charge >= 0.3 is 6.09 Å². The number of aromatic nitrogens is 3. The molecule has 0 aliphatic carbocycles. The van der Waals surface area contributed by atoms with Crippen LogP contribution >= 0.6 is 0 Å². The Morgan fingerprint density at radius 1 is 1.27 bits per heavy atom. The molecule has 2 saturated heterocycles. The van der Waals surface area contributed by atoms with Crippen LogP contribution in [0.5, 0.6) is 0 Å². The molecule has 220 valence electrons. The van der Waals surface area contributed by atoms with Crippen LogP contribution in [0.2, 0.25) is 0 Å². The molecule has 0 bridgehead atoms. The second-order valence-electron chi connectivity index (χ2n) is 12.8. The highest BCUT2D eigenvalue weighted by atomic mass is 16.4. The van der Waals surface area contributed by atoms with Crippen molar-refractivity contribution in [3.8, 4) is 0 Å². The minimum absolute atomic E-state index is 0.0536. The van der Waals surface area contributed by atoms with Crippen molar-refractivity contribution in [2.24, 2.45) is 0 Å². The minimum Gasteiger partial charge on any atom is -0.465 e. The van der Waals surface area contributed by atoms with E-state index in [1.807, 2.05) is 34.6 Å². The van der Waals surface area contributed by atoms with E-state index in [-0.39, 0.29) is 23.9 Å². The van der Waals surface area contributed by atoms with Gasteiger partial charge in [-0.15, -0.1) is 0 Å². The standard InChI is InChI=1S/C24H30N6O3.C7H13N/c1-7-20(31)26-17-10-8-9-16(11-17)14-29(23(32)33)21-12-19(28-24(4,5)6)27-22-18(15(2)3)13-25-30(21)22;1-7(2)4-3-6-5-8(6)7/h7-13,15H,1,14H2,2-6H3,(H,26,31)(H,27,28)(H,32,33);6H,3-5H2,1-2H3. The van der Waals surface area contributed by atoms with Crippen LogP contribution in [-0.2, 0) is 11.3 Å². The quantitative estimate of drug-likeness (QED) is 0.235. The SMILES string of the molecule is C=CC(=O)Nc1cccc(CN(C(=O)O)c2cc(NC(C)(C)C)nc3c(C(C)C)cnn23)c1.CC1(C)CCC2CN21. The van der Waals surface area contributed by atoms with Gasteiger partial charge in [0.1, 0.15) is 11.6 Å². The Morgan fingerprint density at radius 3 is 2.51 bits per heavy atom. The average molecular weight is 562 g/mol. The fraction of sp³-hybridized carbons (Fsp3) is 0.484. The number of carbonyl (C=O) groups excluding carboxylic acids is 1. The molecule has 2 unspecified atom stereocenters. The number of nitrogens with zero attached hydrogens (tertiary/aromatic N) is 5. The lowest BCUT2D eigenvalue weighted by Crippen LogP contribution is -2.32. The number of fused-ring (bicyclic) bond motifs is 2. The monoisotopic (exact) mass is 561 g/mol. The lowest BCUT2D eigenvalue weighted by atomic mass is 10.0. The van der Waals surface area contributed by atoms with E-state index in [9.17, 15) is 14.7 Å². The topological polar surface area (TPSA) is 115 Å². The summed E-state index contributed by atoms with van der Waals surface area (Å²) < 4.78 is 1.56. The summed E-state index contributed by atoms with van der Waals surface area (Å²) in [7, 11) is 0. The van der Waals surface area contributed by atoms with Crippen molar-refractivity contribution < 1.29 is 14.7 Å². The largest absolute Gasteiger partial charge is 0.465 e. The van der Waals surface area contributed by atoms with Crippen LogP contribution in [-0.4, -0.2) is 60.3 Å². The summed E-state index contributed by atoms with van der Waals surface area (Å²) in [4.78, 5) is 32.5. The fourth-order valence-corrected chi connectivity index (χ4v) is 5.21. The maximum Gasteiger partial charge on any atom is 0.413 e. The number of anilines is 3. The molecule has 10 heteroatoms. The first-order valence-corrected chi connectivity index (χ1v) is 14.1. The van der Waals surface area contributed by atoms with Crippen molar-refractivity contribution in [3.05, 3.63) is 60.3 Å². The Labute approximate surface area is 242 Å². The average Bonchev–Trinajstić information content (AvgIpc) is 3.46. The van der Waals surface area contributed by atoms with E-state index in [1.165, 1.54) is 30.4 Å². The predicted molar refractivity (Wildman–Crippen MR) is 164 cm³/mol. The van der Waals surface area contributed by atoms with Crippen LogP contribution in [0.1, 0.15) is 78.4 Å². The number of nitrogens with one attached hydrogen (secondary N) is 2. The summed E-state index contributed by atoms with van der Waals surface area (Å²) in [6.07, 6.45) is 4.64. The summed E-state index contributed by atoms with van der Waals surface area (Å²) in [5, 5.41) is 20.6. The first-order valence-electron chi connectivity index (χ1n) is 14.1. The second kappa shape index (κ2) is 11.5. The van der Waals surface area contributed by atoms with E-state index < -0.39 is 6.09 Å². The molecule has 0 saturated carbocycles. The van der Waals surface area contributed by atoms with E-state index in [0.29, 0.717) is 34.1 Å². The summed E-state index contributed by atoms with van der Waals surface area (Å²) in [5.41, 5.74) is 3.07. The Morgan fingerprint density at radius 2 is 2.00 bits per heavy atom. The zero-order valence-electron chi connectivity index (χ0n) is 25.2. The van der Waals surface area contributed by atoms with Crippen molar-refractivity contribution in [1.29, 1.82) is 0 Å². The number of carboxylic acid groups (broad SMARTS) is 1. The smallest absolute Gasteiger partial charge is 0.413 e. The lowest BCUT2D eigenvalue weighted by molar-refractivity contribution is -0.111. The normalized spacial score (nSPS) is 18.7. The molecule has 41 heavy (non-hydrogen) atoms. The number of hydrogen-bond acceptors (Lipinski definition) is 6. The molecule has 0 radical (unpaired) electrons. The van der Waals surface area contributed by atoms with Crippen LogP contribution in [0.15, 0.2) is 49.2 Å². The Balaban J connectivity index is 0.000000409. The zero-order valence-corrected chi connectivity index (χ0v) is 25.2. The highest BCUT2D eigenvalue weighted by molar-refractivity contribution is 5.98. The van der Waals surface area contributed by atoms with Gasteiger partial charge in [-0.25, -0.2) is 9.78 Å². The number of hydrogen-bond donors (Lipinski definition) is 3. The highest BCUT2D eigenvalue weighted by Crippen LogP contribution is 2.42. The molecular weight excluding hydrogens is 518 g/mol. The van der Waals surface area contributed by atoms with E-state index in [1.54, 1.807) is 41.0 Å². The molecule has 2 aliphatic rings. The summed E-state index contributed by atoms with van der Waals surface area (Å²) in [6, 6.07) is 9.70. The third-order valence-corrected chi connectivity index (χ3v) is 7.41. The van der Waals surface area contributed by atoms with Gasteiger partial charge in [-0.3, -0.25) is 14.6 Å². The molecule has 10 nitrogen and oxygen atoms in total. The second-order valence-corrected chi connectivity index (χ2v) is 12.8. The lowest BCUT2D eigenvalue weighted by Gasteiger charge is -2.25. The minimum atomic E-state index is -1.13. The van der Waals surface area contributed by atoms with Gasteiger partial charge in [-0.05, 0) is 77.2 Å². The van der Waals surface area contributed by atoms with Crippen molar-refractivity contribution in [3.63, 3.8) is 0 Å². The van der Waals surface area contributed by atoms with Crippen molar-refractivity contribution in [2.75, 3.05) is 22.1 Å². The van der Waals surface area contributed by atoms with Gasteiger partial charge in [0, 0.05) is 41.0 Å². The molecule has 1 aromatic carbocycles. The Kier molecular flexibility index (Phi) is 8.44. The van der Waals surface area contributed by atoms with E-state index in [4.69, 9.17) is 4.98 Å². The third kappa shape index (κ3) is 7.24. The van der Waals surface area contributed by atoms with Crippen LogP contribution in [0, 0.1) is 0 Å². The molecule has 2 aromatic heterocycles. The number of carbonyl (C=O) groups is 2. The van der Waals surface area contributed by atoms with Gasteiger partial charge in [-0.2, -0.15) is 9.61 Å². The Hall–Kier alpha value is -3.92. The first kappa shape index (κ1) is 30.0. The van der Waals surface area contributed by atoms with E-state index in [2.05, 4.69) is 41.1 Å². The van der Waals surface area contributed by atoms with Crippen LogP contribution in [0.25, 0.3) is 5.65 Å². The van der Waals surface area contributed by atoms with Crippen LogP contribution < -0.4 is 15.5 Å². The van der Waals surface area contributed by atoms with E-state index in [0.717, 1.165) is 11.6 Å². The molecule has 3 aromatic rings. The molecule has 2 aliphatic heterocycles. The molecule has 2 fully saturated rings. The molecule has 2 atom stereocenters. The maximum atomic E-state index is 12.4. The predicted octanol–water partition coefficient (Wildman–Crippen LogP) is 6.12. The number of amides is 2. The number of rotatable bonds is 7. The van der Waals surface area contributed by atoms with Gasteiger partial charge in [-0.1, -0.05) is 32.6 Å². The summed E-state index contributed by atoms with van der Waals surface area (Å²) in [5.74, 6) is 0.752. The van der Waals surface area contributed by atoms with Gasteiger partial charge in [0.15, 0.2) is 5.65 Å². The maximum absolute atomic E-state index is 12.4. The zero-order chi connectivity index (χ0) is 30.1. The molecule has 4 heterocycles. The molecule has 0 spiro atoms. The molecule has 3 N–H and O–H groups in total. The van der Waals surface area contributed by atoms with Crippen LogP contribution in [0.4, 0.5) is 22.1 Å². The third-order valence-electron chi connectivity index (χ3n) is 7.41. The van der Waals surface area contributed by atoms with Gasteiger partial charge < -0.3 is 15.7 Å². The summed E-state index contributed by atoms with van der Waals surface area (Å²) in [6.45, 7) is 19.7. The molecule has 2 amide bonds. The fourth-order valence-electron chi connectivity index (χ4n) is 5.21. The number of piperidine rings is 1. The first-order chi connectivity index (χ1) is 19.2. The van der Waals surface area contributed by atoms with Gasteiger partial charge in [0.05, 0.1) is 12.7 Å². The van der Waals surface area contributed by atoms with Crippen LogP contribution in [0.3, 0.4) is 0 Å². The van der Waals surface area contributed by atoms with Crippen molar-refractivity contribution >= 4 is 35.0 Å². The highest BCUT2D eigenvalue weighted by Gasteiger charge is 2.49. The summed E-state index contributed by atoms with van der Waals surface area (Å²) >= 11 is 0. The van der Waals surface area contributed by atoms with E-state index >= 15 is 0 Å². The van der Waals surface area contributed by atoms with Crippen molar-refractivity contribution in [2.45, 2.75) is 90.9 Å². The Bertz CT molecular complexity index is 1440. The van der Waals surface area contributed by atoms with Gasteiger partial charge in [0.2, 0.25) is 5.91 Å². The molecular formula is C31H43N7O3. The molecule has 5 rings (SSSR count).